The van der Waals surface area contributed by atoms with Gasteiger partial charge in [-0.15, -0.1) is 12.4 Å². The van der Waals surface area contributed by atoms with Crippen molar-refractivity contribution >= 4 is 18.3 Å². The minimum absolute atomic E-state index is 0. The van der Waals surface area contributed by atoms with Crippen LogP contribution in [0.2, 0.25) is 0 Å². The van der Waals surface area contributed by atoms with Crippen molar-refractivity contribution in [3.8, 4) is 5.75 Å². The fourth-order valence-corrected chi connectivity index (χ4v) is 2.74. The fraction of sp³-hybridized carbons (Fsp3) is 0.350. The predicted octanol–water partition coefficient (Wildman–Crippen LogP) is 3.16. The van der Waals surface area contributed by atoms with Gasteiger partial charge in [-0.2, -0.15) is 0 Å². The molecule has 3 rings (SSSR count). The number of carbonyl (C=O) groups excluding carboxylic acids is 1. The summed E-state index contributed by atoms with van der Waals surface area (Å²) in [6.45, 7) is 4.98. The molecular weight excluding hydrogens is 336 g/mol. The van der Waals surface area contributed by atoms with E-state index in [2.05, 4.69) is 16.7 Å². The molecular formula is C20H25ClN2O2. The number of amides is 1. The van der Waals surface area contributed by atoms with E-state index < -0.39 is 0 Å². The molecule has 2 aromatic carbocycles. The molecule has 1 heterocycles. The minimum atomic E-state index is 0. The molecule has 1 saturated heterocycles. The highest BCUT2D eigenvalue weighted by atomic mass is 35.5. The number of benzene rings is 2. The van der Waals surface area contributed by atoms with Crippen molar-refractivity contribution in [2.45, 2.75) is 20.1 Å². The van der Waals surface area contributed by atoms with Crippen molar-refractivity contribution < 1.29 is 9.53 Å². The van der Waals surface area contributed by atoms with E-state index in [0.29, 0.717) is 19.1 Å². The standard InChI is InChI=1S/C20H24N2O2.ClH/c1-15(18-12-21-13-18)20(23)22-11-16-6-5-7-17(10-16)14-24-19-8-3-2-4-9-19;/h2-10,15,18,21H,11-14H2,1H3,(H,22,23);1H. The Morgan fingerprint density at radius 3 is 2.56 bits per heavy atom. The summed E-state index contributed by atoms with van der Waals surface area (Å²) in [4.78, 5) is 12.2. The van der Waals surface area contributed by atoms with Crippen LogP contribution in [0.5, 0.6) is 5.75 Å². The zero-order valence-corrected chi connectivity index (χ0v) is 15.2. The molecule has 1 fully saturated rings. The SMILES string of the molecule is CC(C(=O)NCc1cccc(COc2ccccc2)c1)C1CNC1.Cl. The third-order valence-corrected chi connectivity index (χ3v) is 4.54. The Morgan fingerprint density at radius 2 is 1.88 bits per heavy atom. The van der Waals surface area contributed by atoms with Gasteiger partial charge < -0.3 is 15.4 Å². The van der Waals surface area contributed by atoms with Crippen molar-refractivity contribution in [2.24, 2.45) is 11.8 Å². The van der Waals surface area contributed by atoms with Crippen molar-refractivity contribution in [2.75, 3.05) is 13.1 Å². The maximum absolute atomic E-state index is 12.2. The van der Waals surface area contributed by atoms with Crippen LogP contribution in [0.4, 0.5) is 0 Å². The van der Waals surface area contributed by atoms with E-state index in [9.17, 15) is 4.79 Å². The maximum Gasteiger partial charge on any atom is 0.223 e. The van der Waals surface area contributed by atoms with Crippen molar-refractivity contribution in [1.29, 1.82) is 0 Å². The summed E-state index contributed by atoms with van der Waals surface area (Å²) in [6.07, 6.45) is 0. The molecule has 0 spiro atoms. The second-order valence-electron chi connectivity index (χ2n) is 6.35. The fourth-order valence-electron chi connectivity index (χ4n) is 2.74. The second kappa shape index (κ2) is 9.44. The summed E-state index contributed by atoms with van der Waals surface area (Å²) in [5.74, 6) is 1.53. The second-order valence-corrected chi connectivity index (χ2v) is 6.35. The Labute approximate surface area is 155 Å². The number of rotatable bonds is 7. The highest BCUT2D eigenvalue weighted by molar-refractivity contribution is 5.85. The van der Waals surface area contributed by atoms with E-state index in [-0.39, 0.29) is 24.2 Å². The van der Waals surface area contributed by atoms with Crippen LogP contribution in [0.3, 0.4) is 0 Å². The molecule has 0 saturated carbocycles. The molecule has 1 amide bonds. The third kappa shape index (κ3) is 5.48. The lowest BCUT2D eigenvalue weighted by Gasteiger charge is -2.31. The number of hydrogen-bond acceptors (Lipinski definition) is 3. The molecule has 0 bridgehead atoms. The number of nitrogens with one attached hydrogen (secondary N) is 2. The first kappa shape index (κ1) is 19.3. The van der Waals surface area contributed by atoms with Crippen LogP contribution in [-0.4, -0.2) is 19.0 Å². The van der Waals surface area contributed by atoms with E-state index in [4.69, 9.17) is 4.74 Å². The van der Waals surface area contributed by atoms with Gasteiger partial charge in [0.15, 0.2) is 0 Å². The third-order valence-electron chi connectivity index (χ3n) is 4.54. The highest BCUT2D eigenvalue weighted by Crippen LogP contribution is 2.16. The lowest BCUT2D eigenvalue weighted by Crippen LogP contribution is -2.49. The van der Waals surface area contributed by atoms with Gasteiger partial charge in [0.25, 0.3) is 0 Å². The predicted molar refractivity (Wildman–Crippen MR) is 102 cm³/mol. The minimum Gasteiger partial charge on any atom is -0.489 e. The Morgan fingerprint density at radius 1 is 1.16 bits per heavy atom. The number of hydrogen-bond donors (Lipinski definition) is 2. The van der Waals surface area contributed by atoms with E-state index in [0.717, 1.165) is 30.0 Å². The van der Waals surface area contributed by atoms with Crippen LogP contribution in [0, 0.1) is 11.8 Å². The smallest absolute Gasteiger partial charge is 0.223 e. The Bertz CT molecular complexity index is 674. The molecule has 5 heteroatoms. The molecule has 2 aromatic rings. The lowest BCUT2D eigenvalue weighted by molar-refractivity contribution is -0.126. The van der Waals surface area contributed by atoms with Crippen molar-refractivity contribution in [1.82, 2.24) is 10.6 Å². The maximum atomic E-state index is 12.2. The van der Waals surface area contributed by atoms with Crippen LogP contribution in [0.15, 0.2) is 54.6 Å². The topological polar surface area (TPSA) is 50.4 Å². The van der Waals surface area contributed by atoms with Gasteiger partial charge in [-0.25, -0.2) is 0 Å². The number of para-hydroxylation sites is 1. The van der Waals surface area contributed by atoms with Crippen LogP contribution in [-0.2, 0) is 17.9 Å². The molecule has 0 aliphatic carbocycles. The van der Waals surface area contributed by atoms with E-state index in [1.165, 1.54) is 0 Å². The van der Waals surface area contributed by atoms with E-state index >= 15 is 0 Å². The monoisotopic (exact) mass is 360 g/mol. The molecule has 0 radical (unpaired) electrons. The lowest BCUT2D eigenvalue weighted by atomic mass is 9.88. The first-order valence-corrected chi connectivity index (χ1v) is 8.46. The molecule has 134 valence electrons. The number of halogens is 1. The highest BCUT2D eigenvalue weighted by Gasteiger charge is 2.28. The van der Waals surface area contributed by atoms with Crippen LogP contribution >= 0.6 is 12.4 Å². The molecule has 1 unspecified atom stereocenters. The quantitative estimate of drug-likeness (QED) is 0.797. The largest absolute Gasteiger partial charge is 0.489 e. The first-order valence-electron chi connectivity index (χ1n) is 8.46. The normalized spacial score (nSPS) is 14.8. The summed E-state index contributed by atoms with van der Waals surface area (Å²) < 4.78 is 5.77. The van der Waals surface area contributed by atoms with Crippen LogP contribution in [0.25, 0.3) is 0 Å². The average Bonchev–Trinajstić information content (AvgIpc) is 2.57. The summed E-state index contributed by atoms with van der Waals surface area (Å²) in [5, 5.41) is 6.25. The molecule has 0 aromatic heterocycles. The van der Waals surface area contributed by atoms with Crippen LogP contribution in [0.1, 0.15) is 18.1 Å². The van der Waals surface area contributed by atoms with Gasteiger partial charge in [0, 0.05) is 12.5 Å². The van der Waals surface area contributed by atoms with Crippen LogP contribution < -0.4 is 15.4 Å². The summed E-state index contributed by atoms with van der Waals surface area (Å²) in [6, 6.07) is 17.9. The van der Waals surface area contributed by atoms with E-state index in [1.54, 1.807) is 0 Å². The molecule has 1 aliphatic heterocycles. The Kier molecular flexibility index (Phi) is 7.29. The molecule has 25 heavy (non-hydrogen) atoms. The summed E-state index contributed by atoms with van der Waals surface area (Å²) in [5.41, 5.74) is 2.19. The van der Waals surface area contributed by atoms with Crippen molar-refractivity contribution in [3.05, 3.63) is 65.7 Å². The number of ether oxygens (including phenoxy) is 1. The molecule has 1 aliphatic rings. The molecule has 1 atom stereocenters. The summed E-state index contributed by atoms with van der Waals surface area (Å²) in [7, 11) is 0. The zero-order valence-electron chi connectivity index (χ0n) is 14.4. The average molecular weight is 361 g/mol. The number of carbonyl (C=O) groups is 1. The first-order chi connectivity index (χ1) is 11.7. The molecule has 4 nitrogen and oxygen atoms in total. The van der Waals surface area contributed by atoms with Gasteiger partial charge >= 0.3 is 0 Å². The Balaban J connectivity index is 0.00000225. The Hall–Kier alpha value is -2.04. The van der Waals surface area contributed by atoms with Gasteiger partial charge in [-0.1, -0.05) is 49.4 Å². The van der Waals surface area contributed by atoms with Gasteiger partial charge in [-0.3, -0.25) is 4.79 Å². The van der Waals surface area contributed by atoms with E-state index in [1.807, 2.05) is 55.5 Å². The van der Waals surface area contributed by atoms with Gasteiger partial charge in [0.05, 0.1) is 0 Å². The van der Waals surface area contributed by atoms with Gasteiger partial charge in [-0.05, 0) is 42.3 Å². The van der Waals surface area contributed by atoms with Gasteiger partial charge in [0.2, 0.25) is 5.91 Å². The van der Waals surface area contributed by atoms with Gasteiger partial charge in [0.1, 0.15) is 12.4 Å². The summed E-state index contributed by atoms with van der Waals surface area (Å²) >= 11 is 0. The zero-order chi connectivity index (χ0) is 16.8. The molecule has 2 N–H and O–H groups in total. The van der Waals surface area contributed by atoms with Crippen molar-refractivity contribution in [3.63, 3.8) is 0 Å².